The van der Waals surface area contributed by atoms with E-state index >= 15 is 0 Å². The number of fused-ring (bicyclic) bond motifs is 12. The van der Waals surface area contributed by atoms with E-state index in [1.54, 1.807) is 34.0 Å². The third kappa shape index (κ3) is 16.6. The van der Waals surface area contributed by atoms with Gasteiger partial charge in [-0.05, 0) is 170 Å². The average molecular weight is 2420 g/mol. The molecule has 0 aliphatic carbocycles. The molecule has 15 heterocycles. The Balaban J connectivity index is 0.000000120. The monoisotopic (exact) mass is 2420 g/mol. The number of para-hydroxylation sites is 1. The van der Waals surface area contributed by atoms with Gasteiger partial charge in [-0.3, -0.25) is 15.0 Å². The molecule has 0 spiro atoms. The van der Waals surface area contributed by atoms with Crippen molar-refractivity contribution in [3.05, 3.63) is 384 Å². The van der Waals surface area contributed by atoms with Crippen LogP contribution in [0.15, 0.2) is 348 Å². The number of nitrogens with zero attached hydrogens (tertiary/aromatic N) is 21. The number of aryl methyl sites for hydroxylation is 6. The Labute approximate surface area is 863 Å². The number of imidazole rings is 6. The normalized spacial score (nSPS) is 11.4. The van der Waals surface area contributed by atoms with Crippen LogP contribution in [0.5, 0.6) is 0 Å². The van der Waals surface area contributed by atoms with E-state index in [0.717, 1.165) is 247 Å². The van der Waals surface area contributed by atoms with Crippen LogP contribution in [-0.2, 0) is 105 Å². The van der Waals surface area contributed by atoms with Crippen LogP contribution in [0.4, 0.5) is 0 Å². The van der Waals surface area contributed by atoms with Crippen molar-refractivity contribution in [2.24, 2.45) is 42.3 Å². The first-order valence-electron chi connectivity index (χ1n) is 44.7. The van der Waals surface area contributed by atoms with Crippen LogP contribution in [-0.4, -0.2) is 101 Å². The first-order chi connectivity index (χ1) is 67.8. The van der Waals surface area contributed by atoms with E-state index in [1.807, 2.05) is 229 Å². The van der Waals surface area contributed by atoms with E-state index in [1.165, 1.54) is 0 Å². The summed E-state index contributed by atoms with van der Waals surface area (Å²) >= 11 is 5.02. The molecule has 0 radical (unpaired) electrons. The Morgan fingerprint density at radius 1 is 0.220 bits per heavy atom. The molecule has 27 heteroatoms. The number of aromatic nitrogens is 21. The number of hydrogen-bond donors (Lipinski definition) is 0. The first-order valence-corrected chi connectivity index (χ1v) is 47.2. The number of benzene rings is 12. The number of thiazole rings is 3. The van der Waals surface area contributed by atoms with Crippen LogP contribution in [0.3, 0.4) is 0 Å². The Morgan fingerprint density at radius 2 is 0.567 bits per heavy atom. The second-order valence-corrected chi connectivity index (χ2v) is 37.0. The minimum absolute atomic E-state index is 0. The predicted octanol–water partition coefficient (Wildman–Crippen LogP) is 25.6. The fourth-order valence-corrected chi connectivity index (χ4v) is 21.5. The van der Waals surface area contributed by atoms with Crippen molar-refractivity contribution in [2.75, 3.05) is 0 Å². The molecule has 0 saturated carbocycles. The molecule has 12 aromatic carbocycles. The number of pyridine rings is 3. The van der Waals surface area contributed by atoms with Crippen LogP contribution in [0.1, 0.15) is 0 Å². The van der Waals surface area contributed by atoms with Gasteiger partial charge in [0.2, 0.25) is 0 Å². The molecule has 0 amide bonds. The molecule has 15 aromatic heterocycles. The molecule has 0 unspecified atom stereocenters. The predicted molar refractivity (Wildman–Crippen MR) is 554 cm³/mol. The summed E-state index contributed by atoms with van der Waals surface area (Å²) in [6, 6.07) is 110. The van der Waals surface area contributed by atoms with Crippen LogP contribution in [0.2, 0.25) is 0 Å². The third-order valence-electron chi connectivity index (χ3n) is 25.2. The van der Waals surface area contributed by atoms with Gasteiger partial charge in [0, 0.05) is 209 Å². The molecule has 21 nitrogen and oxygen atoms in total. The third-order valence-corrected chi connectivity index (χ3v) is 28.4. The quantitative estimate of drug-likeness (QED) is 0.0881. The summed E-state index contributed by atoms with van der Waals surface area (Å²) in [6.07, 6.45) is 28.2. The summed E-state index contributed by atoms with van der Waals surface area (Å²) in [7, 11) is 12.1. The molecule has 0 bridgehead atoms. The van der Waals surface area contributed by atoms with Crippen LogP contribution < -0.4 is 0 Å². The Kier molecular flexibility index (Phi) is 24.2. The second-order valence-electron chi connectivity index (χ2n) is 33.9. The molecule has 27 rings (SSSR count). The van der Waals surface area contributed by atoms with Gasteiger partial charge in [0.1, 0.15) is 34.9 Å². The SMILES string of the molecule is Cn1ccnc1-c1cc(-c2ccccn2)[c-]c(-n2c3[c-]c(-c4nc5ccc(-c6nccn6C)cc5s4)ccc3c3ccccc32)c1.Cn1ccnc1-c1ccc2nc(-c3[c-]c4c(cc3)c3cc(-c5nccn5C)ccc3n4-c3[c-]c(-c4ccccn4)ccc3)sc2c1.Cn1ccnc1-c1ccc2sc(-c3[c-]c4c(cc3)c3cc(-c5nccn5C)ccc3n4-c3[c-]c(-c4ccccn4)ccc3)nc2c1.[Pt+2].[Pt+2].[Pt+2]. The van der Waals surface area contributed by atoms with Crippen molar-refractivity contribution >= 4 is 130 Å². The molecular weight excluding hydrogens is 2340 g/mol. The van der Waals surface area contributed by atoms with Gasteiger partial charge in [0.25, 0.3) is 0 Å². The maximum atomic E-state index is 5.07. The van der Waals surface area contributed by atoms with Gasteiger partial charge in [-0.25, -0.2) is 29.9 Å². The molecule has 0 fully saturated rings. The maximum Gasteiger partial charge on any atom is 2.00 e. The van der Waals surface area contributed by atoms with E-state index < -0.39 is 0 Å². The molecule has 684 valence electrons. The zero-order valence-electron chi connectivity index (χ0n) is 76.0. The Bertz CT molecular complexity index is 9070. The Hall–Kier alpha value is -15.5. The van der Waals surface area contributed by atoms with Gasteiger partial charge in [-0.2, -0.15) is 34.0 Å². The second kappa shape index (κ2) is 37.7. The van der Waals surface area contributed by atoms with Crippen LogP contribution in [0.25, 0.3) is 247 Å². The fourth-order valence-electron chi connectivity index (χ4n) is 18.6. The molecule has 141 heavy (non-hydrogen) atoms. The molecule has 27 aromatic rings. The number of hydrogen-bond acceptors (Lipinski definition) is 15. The van der Waals surface area contributed by atoms with Crippen LogP contribution >= 0.6 is 34.0 Å². The van der Waals surface area contributed by atoms with Gasteiger partial charge >= 0.3 is 63.2 Å². The Morgan fingerprint density at radius 3 is 0.986 bits per heavy atom. The van der Waals surface area contributed by atoms with Gasteiger partial charge in [0.15, 0.2) is 0 Å². The summed E-state index contributed by atoms with van der Waals surface area (Å²) in [5.74, 6) is 5.50. The van der Waals surface area contributed by atoms with Gasteiger partial charge < -0.3 is 56.1 Å². The van der Waals surface area contributed by atoms with Crippen molar-refractivity contribution in [3.63, 3.8) is 0 Å². The smallest absolute Gasteiger partial charge is 0.346 e. The minimum atomic E-state index is 0. The summed E-state index contributed by atoms with van der Waals surface area (Å²) in [5.41, 5.74) is 26.2. The summed E-state index contributed by atoms with van der Waals surface area (Å²) in [4.78, 5) is 56.4. The average Bonchev–Trinajstić information content (AvgIpc) is 1.59. The molecular formula is C114H75N21Pt3S3. The van der Waals surface area contributed by atoms with Gasteiger partial charge in [0.05, 0.1) is 16.6 Å². The van der Waals surface area contributed by atoms with Gasteiger partial charge in [-0.15, -0.1) is 155 Å². The molecule has 0 N–H and O–H groups in total. The molecule has 0 aliphatic rings. The fraction of sp³-hybridized carbons (Fsp3) is 0.0526. The molecule has 0 saturated heterocycles. The number of rotatable bonds is 15. The molecule has 0 atom stereocenters. The van der Waals surface area contributed by atoms with E-state index in [9.17, 15) is 0 Å². The van der Waals surface area contributed by atoms with E-state index in [-0.39, 0.29) is 63.2 Å². The zero-order valence-corrected chi connectivity index (χ0v) is 85.2. The van der Waals surface area contributed by atoms with E-state index in [2.05, 4.69) is 283 Å². The van der Waals surface area contributed by atoms with E-state index in [4.69, 9.17) is 15.0 Å². The van der Waals surface area contributed by atoms with Crippen molar-refractivity contribution in [3.8, 4) is 151 Å². The summed E-state index contributed by atoms with van der Waals surface area (Å²) in [6.45, 7) is 0. The van der Waals surface area contributed by atoms with Crippen molar-refractivity contribution in [1.29, 1.82) is 0 Å². The standard InChI is InChI=1S/3C38H25N7S.3Pt/c1-43-18-16-40-36(43)25-11-14-33-30(21-25)29-12-9-27(38-42-32-13-10-26(23-35(32)46-38)37-41-17-19-44(37)2)22-34(29)45(33)28-7-5-6-24(20-28)31-8-3-4-15-39-31;1-43-18-16-40-36(43)25-10-13-33-30(21-25)29-12-9-27(38-42-32-22-26(11-14-35(32)46-38)37-41-17-19-44(37)2)23-34(29)45(33)28-7-5-6-24(20-28)31-8-3-4-15-39-31;1-43-17-15-40-36(43)24-11-13-32-35(23-24)46-38(42-32)25-10-12-30-29-7-3-4-9-33(29)45(34(30)22-25)28-20-26(31-8-5-6-14-39-31)19-27(21-28)37-41-16-18-44(37)2;;;/h3-19,21,23H,1-2H3;3-19,21-22H,1-2H3;3-19,21,23H,1-2H3;;;/q3*-2;3*+2. The largest absolute Gasteiger partial charge is 2.00 e. The van der Waals surface area contributed by atoms with Crippen molar-refractivity contribution < 1.29 is 63.2 Å². The molecule has 0 aliphatic heterocycles. The van der Waals surface area contributed by atoms with Crippen LogP contribution in [0, 0.1) is 36.4 Å². The summed E-state index contributed by atoms with van der Waals surface area (Å²) < 4.78 is 22.3. The minimum Gasteiger partial charge on any atom is -0.346 e. The first kappa shape index (κ1) is 90.6. The van der Waals surface area contributed by atoms with Crippen molar-refractivity contribution in [2.45, 2.75) is 0 Å². The summed E-state index contributed by atoms with van der Waals surface area (Å²) in [5, 5.41) is 9.49. The van der Waals surface area contributed by atoms with Gasteiger partial charge in [-0.1, -0.05) is 88.5 Å². The van der Waals surface area contributed by atoms with Crippen molar-refractivity contribution in [1.82, 2.24) is 101 Å². The zero-order chi connectivity index (χ0) is 92.3. The maximum absolute atomic E-state index is 5.07. The van der Waals surface area contributed by atoms with E-state index in [0.29, 0.717) is 0 Å². The topological polar surface area (TPSA) is 199 Å².